The SMILES string of the molecule is O=C(O)CSCC(=O)N1CCN(S(=O)(=O)c2ccc(F)cc2)C[C@H]1C(=O)N[C@@H]1CCCNC1=O. The van der Waals surface area contributed by atoms with E-state index in [9.17, 15) is 32.0 Å². The van der Waals surface area contributed by atoms with E-state index in [0.29, 0.717) is 19.4 Å². The van der Waals surface area contributed by atoms with Gasteiger partial charge in [0.2, 0.25) is 27.7 Å². The smallest absolute Gasteiger partial charge is 0.313 e. The normalized spacial score (nSPS) is 21.6. The van der Waals surface area contributed by atoms with E-state index >= 15 is 0 Å². The van der Waals surface area contributed by atoms with Gasteiger partial charge >= 0.3 is 5.97 Å². The van der Waals surface area contributed by atoms with Gasteiger partial charge in [-0.15, -0.1) is 11.8 Å². The highest BCUT2D eigenvalue weighted by molar-refractivity contribution is 8.00. The second-order valence-electron chi connectivity index (χ2n) is 7.80. The largest absolute Gasteiger partial charge is 0.481 e. The fraction of sp³-hybridized carbons (Fsp3) is 0.500. The first-order valence-electron chi connectivity index (χ1n) is 10.5. The Morgan fingerprint density at radius 1 is 1.18 bits per heavy atom. The molecule has 3 N–H and O–H groups in total. The summed E-state index contributed by atoms with van der Waals surface area (Å²) in [5.74, 6) is -3.76. The number of rotatable bonds is 8. The molecule has 2 atom stereocenters. The summed E-state index contributed by atoms with van der Waals surface area (Å²) in [6.07, 6.45) is 1.06. The number of thioether (sulfide) groups is 1. The summed E-state index contributed by atoms with van der Waals surface area (Å²) in [4.78, 5) is 49.7. The monoisotopic (exact) mass is 516 g/mol. The van der Waals surface area contributed by atoms with Crippen molar-refractivity contribution >= 4 is 45.5 Å². The van der Waals surface area contributed by atoms with Crippen molar-refractivity contribution < 1.29 is 37.1 Å². The first-order chi connectivity index (χ1) is 16.1. The number of nitrogens with zero attached hydrogens (tertiary/aromatic N) is 2. The predicted molar refractivity (Wildman–Crippen MR) is 120 cm³/mol. The topological polar surface area (TPSA) is 153 Å². The van der Waals surface area contributed by atoms with Crippen LogP contribution in [0, 0.1) is 5.82 Å². The van der Waals surface area contributed by atoms with E-state index in [-0.39, 0.29) is 41.9 Å². The maximum Gasteiger partial charge on any atom is 0.313 e. The van der Waals surface area contributed by atoms with Gasteiger partial charge in [0.15, 0.2) is 0 Å². The van der Waals surface area contributed by atoms with Gasteiger partial charge in [0, 0.05) is 26.2 Å². The molecule has 0 saturated carbocycles. The quantitative estimate of drug-likeness (QED) is 0.408. The third-order valence-electron chi connectivity index (χ3n) is 5.47. The Hall–Kier alpha value is -2.71. The molecular formula is C20H25FN4O7S2. The zero-order valence-electron chi connectivity index (χ0n) is 18.1. The summed E-state index contributed by atoms with van der Waals surface area (Å²) in [6.45, 7) is -0.0937. The van der Waals surface area contributed by atoms with Crippen molar-refractivity contribution in [2.24, 2.45) is 0 Å². The summed E-state index contributed by atoms with van der Waals surface area (Å²) in [5, 5.41) is 14.0. The molecule has 2 heterocycles. The molecule has 2 aliphatic rings. The van der Waals surface area contributed by atoms with Gasteiger partial charge < -0.3 is 20.6 Å². The summed E-state index contributed by atoms with van der Waals surface area (Å²) >= 11 is 0.864. The Bertz CT molecular complexity index is 1050. The van der Waals surface area contributed by atoms with Gasteiger partial charge in [0.1, 0.15) is 17.9 Å². The van der Waals surface area contributed by atoms with E-state index in [1.165, 1.54) is 4.90 Å². The van der Waals surface area contributed by atoms with Crippen LogP contribution in [0.15, 0.2) is 29.2 Å². The van der Waals surface area contributed by atoms with Gasteiger partial charge in [0.05, 0.1) is 16.4 Å². The summed E-state index contributed by atoms with van der Waals surface area (Å²) in [5.41, 5.74) is 0. The van der Waals surface area contributed by atoms with Crippen molar-refractivity contribution in [3.8, 4) is 0 Å². The Kier molecular flexibility index (Phi) is 8.49. The fourth-order valence-electron chi connectivity index (χ4n) is 3.74. The Labute approximate surface area is 200 Å². The molecule has 14 heteroatoms. The lowest BCUT2D eigenvalue weighted by molar-refractivity contribution is -0.142. The average Bonchev–Trinajstić information content (AvgIpc) is 2.80. The van der Waals surface area contributed by atoms with E-state index in [4.69, 9.17) is 5.11 Å². The number of carbonyl (C=O) groups is 4. The van der Waals surface area contributed by atoms with Crippen molar-refractivity contribution in [1.82, 2.24) is 19.8 Å². The lowest BCUT2D eigenvalue weighted by Crippen LogP contribution is -2.63. The average molecular weight is 517 g/mol. The molecule has 0 aliphatic carbocycles. The minimum absolute atomic E-state index is 0.108. The van der Waals surface area contributed by atoms with Gasteiger partial charge in [-0.3, -0.25) is 19.2 Å². The number of amides is 3. The minimum atomic E-state index is -4.08. The third kappa shape index (κ3) is 6.24. The number of nitrogens with one attached hydrogen (secondary N) is 2. The molecule has 3 amide bonds. The van der Waals surface area contributed by atoms with Gasteiger partial charge in [-0.25, -0.2) is 12.8 Å². The first kappa shape index (κ1) is 25.9. The van der Waals surface area contributed by atoms with E-state index in [1.807, 2.05) is 0 Å². The van der Waals surface area contributed by atoms with E-state index in [2.05, 4.69) is 10.6 Å². The van der Waals surface area contributed by atoms with Gasteiger partial charge in [-0.2, -0.15) is 4.31 Å². The number of halogens is 1. The highest BCUT2D eigenvalue weighted by Gasteiger charge is 2.41. The second-order valence-corrected chi connectivity index (χ2v) is 10.7. The maximum absolute atomic E-state index is 13.3. The summed E-state index contributed by atoms with van der Waals surface area (Å²) in [6, 6.07) is 2.23. The van der Waals surface area contributed by atoms with Gasteiger partial charge in [-0.05, 0) is 37.1 Å². The Morgan fingerprint density at radius 2 is 1.88 bits per heavy atom. The number of piperazine rings is 1. The molecule has 34 heavy (non-hydrogen) atoms. The molecule has 0 aromatic heterocycles. The Morgan fingerprint density at radius 3 is 2.53 bits per heavy atom. The zero-order chi connectivity index (χ0) is 24.9. The molecule has 0 radical (unpaired) electrons. The third-order valence-corrected chi connectivity index (χ3v) is 8.25. The molecule has 0 spiro atoms. The standard InChI is InChI=1S/C20H25FN4O7S2/c21-13-3-5-14(6-4-13)34(31,32)24-8-9-25(17(26)11-33-12-18(27)28)16(10-24)20(30)23-15-2-1-7-22-19(15)29/h3-6,15-16H,1-2,7-12H2,(H,22,29)(H,23,30)(H,27,28)/t15-,16+/m1/s1. The predicted octanol–water partition coefficient (Wildman–Crippen LogP) is -0.760. The van der Waals surface area contributed by atoms with Crippen LogP contribution in [-0.2, 0) is 29.2 Å². The zero-order valence-corrected chi connectivity index (χ0v) is 19.7. The van der Waals surface area contributed by atoms with Crippen molar-refractivity contribution in [1.29, 1.82) is 0 Å². The van der Waals surface area contributed by atoms with Crippen LogP contribution in [0.1, 0.15) is 12.8 Å². The molecule has 2 fully saturated rings. The number of sulfonamides is 1. The van der Waals surface area contributed by atoms with Crippen molar-refractivity contribution in [3.63, 3.8) is 0 Å². The molecule has 3 rings (SSSR count). The van der Waals surface area contributed by atoms with Crippen LogP contribution >= 0.6 is 11.8 Å². The summed E-state index contributed by atoms with van der Waals surface area (Å²) in [7, 11) is -4.08. The van der Waals surface area contributed by atoms with Crippen LogP contribution in [0.2, 0.25) is 0 Å². The molecule has 2 saturated heterocycles. The lowest BCUT2D eigenvalue weighted by atomic mass is 10.1. The maximum atomic E-state index is 13.3. The van der Waals surface area contributed by atoms with Gasteiger partial charge in [0.25, 0.3) is 0 Å². The number of piperidine rings is 1. The number of aliphatic carboxylic acids is 1. The molecule has 1 aromatic rings. The van der Waals surface area contributed by atoms with E-state index in [0.717, 1.165) is 40.3 Å². The van der Waals surface area contributed by atoms with Crippen LogP contribution in [0.4, 0.5) is 4.39 Å². The number of hydrogen-bond donors (Lipinski definition) is 3. The van der Waals surface area contributed by atoms with Crippen LogP contribution in [0.25, 0.3) is 0 Å². The second kappa shape index (κ2) is 11.1. The molecule has 0 bridgehead atoms. The summed E-state index contributed by atoms with van der Waals surface area (Å²) < 4.78 is 40.4. The van der Waals surface area contributed by atoms with Crippen LogP contribution < -0.4 is 10.6 Å². The minimum Gasteiger partial charge on any atom is -0.481 e. The number of hydrogen-bond acceptors (Lipinski definition) is 7. The molecule has 0 unspecified atom stereocenters. The van der Waals surface area contributed by atoms with Crippen molar-refractivity contribution in [2.75, 3.05) is 37.7 Å². The van der Waals surface area contributed by atoms with E-state index in [1.54, 1.807) is 0 Å². The molecule has 1 aromatic carbocycles. The molecule has 11 nitrogen and oxygen atoms in total. The molecule has 186 valence electrons. The fourth-order valence-corrected chi connectivity index (χ4v) is 5.80. The van der Waals surface area contributed by atoms with Crippen molar-refractivity contribution in [3.05, 3.63) is 30.1 Å². The number of carbonyl (C=O) groups excluding carboxylic acids is 3. The number of carboxylic acid groups (broad SMARTS) is 1. The van der Waals surface area contributed by atoms with Crippen molar-refractivity contribution in [2.45, 2.75) is 29.8 Å². The van der Waals surface area contributed by atoms with Crippen LogP contribution in [-0.4, -0.2) is 96.2 Å². The van der Waals surface area contributed by atoms with Crippen LogP contribution in [0.3, 0.4) is 0 Å². The Balaban J connectivity index is 1.80. The number of benzene rings is 1. The number of carboxylic acids is 1. The lowest BCUT2D eigenvalue weighted by Gasteiger charge is -2.40. The highest BCUT2D eigenvalue weighted by Crippen LogP contribution is 2.22. The first-order valence-corrected chi connectivity index (χ1v) is 13.1. The van der Waals surface area contributed by atoms with Gasteiger partial charge in [-0.1, -0.05) is 0 Å². The van der Waals surface area contributed by atoms with Crippen LogP contribution in [0.5, 0.6) is 0 Å². The highest BCUT2D eigenvalue weighted by atomic mass is 32.2. The van der Waals surface area contributed by atoms with E-state index < -0.39 is 45.7 Å². The molecule has 2 aliphatic heterocycles. The molecular weight excluding hydrogens is 491 g/mol.